The summed E-state index contributed by atoms with van der Waals surface area (Å²) in [4.78, 5) is 16.3. The molecule has 0 amide bonds. The number of halogens is 2. The second-order valence-corrected chi connectivity index (χ2v) is 7.31. The zero-order valence-corrected chi connectivity index (χ0v) is 14.7. The molecule has 0 saturated heterocycles. The maximum absolute atomic E-state index is 14.4. The lowest BCUT2D eigenvalue weighted by molar-refractivity contribution is -0.136. The van der Waals surface area contributed by atoms with E-state index < -0.39 is 17.6 Å². The predicted octanol–water partition coefficient (Wildman–Crippen LogP) is 4.32. The molecule has 0 unspecified atom stereocenters. The van der Waals surface area contributed by atoms with Gasteiger partial charge in [-0.2, -0.15) is 0 Å². The molecule has 2 heterocycles. The molecule has 1 saturated carbocycles. The number of anilines is 1. The molecule has 0 bridgehead atoms. The van der Waals surface area contributed by atoms with Crippen molar-refractivity contribution < 1.29 is 18.7 Å². The van der Waals surface area contributed by atoms with E-state index in [-0.39, 0.29) is 18.0 Å². The molecule has 0 atom stereocenters. The molecular formula is C18H17F2N3O2S. The summed E-state index contributed by atoms with van der Waals surface area (Å²) >= 11 is 1.30. The number of aliphatic carboxylic acids is 1. The first-order valence-electron chi connectivity index (χ1n) is 8.45. The summed E-state index contributed by atoms with van der Waals surface area (Å²) in [6.45, 7) is 0. The third-order valence-electron chi connectivity index (χ3n) is 4.65. The summed E-state index contributed by atoms with van der Waals surface area (Å²) in [5.41, 5.74) is 1.16. The van der Waals surface area contributed by atoms with Gasteiger partial charge in [-0.05, 0) is 25.0 Å². The van der Waals surface area contributed by atoms with E-state index in [0.717, 1.165) is 31.7 Å². The Morgan fingerprint density at radius 1 is 1.35 bits per heavy atom. The van der Waals surface area contributed by atoms with E-state index in [1.54, 1.807) is 9.78 Å². The standard InChI is InChI=1S/C18H17F2N3O2S/c19-10-5-6-13(14(20)7-10)16-17(21-11-3-1-2-4-11)23-12(8-15(24)25)9-26-18(23)22-16/h5-7,9,11,21H,1-4,8H2,(H,24,25). The van der Waals surface area contributed by atoms with Crippen molar-refractivity contribution in [1.29, 1.82) is 0 Å². The number of nitrogens with zero attached hydrogens (tertiary/aromatic N) is 2. The smallest absolute Gasteiger partial charge is 0.309 e. The third-order valence-corrected chi connectivity index (χ3v) is 5.52. The fraction of sp³-hybridized carbons (Fsp3) is 0.333. The van der Waals surface area contributed by atoms with Gasteiger partial charge in [-0.25, -0.2) is 13.8 Å². The number of nitrogens with one attached hydrogen (secondary N) is 1. The number of thiazole rings is 1. The summed E-state index contributed by atoms with van der Waals surface area (Å²) in [6, 6.07) is 3.63. The van der Waals surface area contributed by atoms with E-state index in [1.807, 2.05) is 0 Å². The van der Waals surface area contributed by atoms with Crippen molar-refractivity contribution in [2.24, 2.45) is 0 Å². The second kappa shape index (κ2) is 6.68. The molecule has 136 valence electrons. The number of rotatable bonds is 5. The monoisotopic (exact) mass is 377 g/mol. The number of aromatic nitrogens is 2. The molecule has 4 rings (SSSR count). The largest absolute Gasteiger partial charge is 0.481 e. The maximum Gasteiger partial charge on any atom is 0.309 e. The van der Waals surface area contributed by atoms with E-state index in [1.165, 1.54) is 23.5 Å². The average molecular weight is 377 g/mol. The highest BCUT2D eigenvalue weighted by Crippen LogP contribution is 2.36. The fourth-order valence-corrected chi connectivity index (χ4v) is 4.35. The number of carbonyl (C=O) groups is 1. The van der Waals surface area contributed by atoms with Gasteiger partial charge in [-0.15, -0.1) is 11.3 Å². The Bertz CT molecular complexity index is 976. The summed E-state index contributed by atoms with van der Waals surface area (Å²) in [7, 11) is 0. The summed E-state index contributed by atoms with van der Waals surface area (Å²) in [5.74, 6) is -1.70. The first kappa shape index (κ1) is 17.0. The van der Waals surface area contributed by atoms with Crippen molar-refractivity contribution >= 4 is 28.1 Å². The van der Waals surface area contributed by atoms with Crippen LogP contribution in [0.5, 0.6) is 0 Å². The SMILES string of the molecule is O=C(O)Cc1csc2nc(-c3ccc(F)cc3F)c(NC3CCCC3)n12. The number of benzene rings is 1. The molecule has 8 heteroatoms. The second-order valence-electron chi connectivity index (χ2n) is 6.47. The number of carboxylic acid groups (broad SMARTS) is 1. The Hall–Kier alpha value is -2.48. The first-order chi connectivity index (χ1) is 12.5. The molecular weight excluding hydrogens is 360 g/mol. The lowest BCUT2D eigenvalue weighted by Crippen LogP contribution is -2.17. The van der Waals surface area contributed by atoms with Gasteiger partial charge < -0.3 is 10.4 Å². The molecule has 1 fully saturated rings. The number of imidazole rings is 1. The molecule has 5 nitrogen and oxygen atoms in total. The molecule has 1 aromatic carbocycles. The molecule has 1 aliphatic rings. The van der Waals surface area contributed by atoms with Crippen LogP contribution in [0.15, 0.2) is 23.6 Å². The van der Waals surface area contributed by atoms with Crippen LogP contribution in [0.1, 0.15) is 31.4 Å². The van der Waals surface area contributed by atoms with Crippen molar-refractivity contribution in [3.05, 3.63) is 40.9 Å². The van der Waals surface area contributed by atoms with Crippen molar-refractivity contribution in [2.45, 2.75) is 38.1 Å². The van der Waals surface area contributed by atoms with Crippen LogP contribution >= 0.6 is 11.3 Å². The van der Waals surface area contributed by atoms with Crippen molar-refractivity contribution in [3.8, 4) is 11.3 Å². The van der Waals surface area contributed by atoms with E-state index in [4.69, 9.17) is 5.11 Å². The minimum atomic E-state index is -0.945. The average Bonchev–Trinajstić information content (AvgIpc) is 3.27. The Morgan fingerprint density at radius 2 is 2.12 bits per heavy atom. The highest BCUT2D eigenvalue weighted by molar-refractivity contribution is 7.15. The van der Waals surface area contributed by atoms with Crippen LogP contribution in [0.4, 0.5) is 14.6 Å². The van der Waals surface area contributed by atoms with E-state index in [0.29, 0.717) is 22.2 Å². The van der Waals surface area contributed by atoms with Gasteiger partial charge in [0.2, 0.25) is 0 Å². The van der Waals surface area contributed by atoms with Crippen LogP contribution in [0.3, 0.4) is 0 Å². The molecule has 2 aromatic heterocycles. The summed E-state index contributed by atoms with van der Waals surface area (Å²) < 4.78 is 29.4. The van der Waals surface area contributed by atoms with Gasteiger partial charge in [-0.3, -0.25) is 9.20 Å². The van der Waals surface area contributed by atoms with Crippen LogP contribution in [-0.2, 0) is 11.2 Å². The van der Waals surface area contributed by atoms with Gasteiger partial charge >= 0.3 is 5.97 Å². The van der Waals surface area contributed by atoms with Gasteiger partial charge in [0, 0.05) is 28.7 Å². The minimum Gasteiger partial charge on any atom is -0.481 e. The normalized spacial score (nSPS) is 15.0. The van der Waals surface area contributed by atoms with Crippen LogP contribution in [0.25, 0.3) is 16.2 Å². The molecule has 3 aromatic rings. The Balaban J connectivity index is 1.87. The van der Waals surface area contributed by atoms with E-state index in [2.05, 4.69) is 10.3 Å². The lowest BCUT2D eigenvalue weighted by Gasteiger charge is -2.15. The highest BCUT2D eigenvalue weighted by Gasteiger charge is 2.24. The Kier molecular flexibility index (Phi) is 4.36. The number of hydrogen-bond acceptors (Lipinski definition) is 4. The van der Waals surface area contributed by atoms with Crippen molar-refractivity contribution in [1.82, 2.24) is 9.38 Å². The van der Waals surface area contributed by atoms with Gasteiger partial charge in [0.1, 0.15) is 23.1 Å². The maximum atomic E-state index is 14.4. The fourth-order valence-electron chi connectivity index (χ4n) is 3.46. The molecule has 26 heavy (non-hydrogen) atoms. The summed E-state index contributed by atoms with van der Waals surface area (Å²) in [5, 5.41) is 14.3. The first-order valence-corrected chi connectivity index (χ1v) is 9.33. The Morgan fingerprint density at radius 3 is 2.81 bits per heavy atom. The van der Waals surface area contributed by atoms with Gasteiger partial charge in [0.05, 0.1) is 6.42 Å². The number of hydrogen-bond donors (Lipinski definition) is 2. The zero-order chi connectivity index (χ0) is 18.3. The molecule has 1 aliphatic carbocycles. The van der Waals surface area contributed by atoms with Crippen LogP contribution < -0.4 is 5.32 Å². The van der Waals surface area contributed by atoms with Gasteiger partial charge in [0.15, 0.2) is 4.96 Å². The van der Waals surface area contributed by atoms with Crippen LogP contribution in [-0.4, -0.2) is 26.5 Å². The van der Waals surface area contributed by atoms with Crippen molar-refractivity contribution in [3.63, 3.8) is 0 Å². The topological polar surface area (TPSA) is 66.6 Å². The molecule has 0 spiro atoms. The number of fused-ring (bicyclic) bond motifs is 1. The molecule has 0 radical (unpaired) electrons. The zero-order valence-electron chi connectivity index (χ0n) is 13.8. The van der Waals surface area contributed by atoms with Crippen LogP contribution in [0, 0.1) is 11.6 Å². The highest BCUT2D eigenvalue weighted by atomic mass is 32.1. The lowest BCUT2D eigenvalue weighted by atomic mass is 10.1. The molecule has 0 aliphatic heterocycles. The third kappa shape index (κ3) is 3.05. The van der Waals surface area contributed by atoms with Crippen LogP contribution in [0.2, 0.25) is 0 Å². The van der Waals surface area contributed by atoms with Gasteiger partial charge in [-0.1, -0.05) is 12.8 Å². The quantitative estimate of drug-likeness (QED) is 0.695. The van der Waals surface area contributed by atoms with Gasteiger partial charge in [0.25, 0.3) is 0 Å². The minimum absolute atomic E-state index is 0.152. The summed E-state index contributed by atoms with van der Waals surface area (Å²) in [6.07, 6.45) is 4.08. The number of carboxylic acids is 1. The van der Waals surface area contributed by atoms with E-state index in [9.17, 15) is 13.6 Å². The molecule has 2 N–H and O–H groups in total. The predicted molar refractivity (Wildman–Crippen MR) is 95.6 cm³/mol. The Labute approximate surface area is 152 Å². The van der Waals surface area contributed by atoms with E-state index >= 15 is 0 Å². The van der Waals surface area contributed by atoms with Crippen molar-refractivity contribution in [2.75, 3.05) is 5.32 Å².